The van der Waals surface area contributed by atoms with Crippen LogP contribution in [-0.4, -0.2) is 23.8 Å². The van der Waals surface area contributed by atoms with E-state index >= 15 is 0 Å². The van der Waals surface area contributed by atoms with Crippen LogP contribution in [0.5, 0.6) is 0 Å². The Balaban J connectivity index is 3.01. The second kappa shape index (κ2) is 4.14. The SMILES string of the molecule is C[C@H](N)CCNC(=O)O. The highest BCUT2D eigenvalue weighted by Gasteiger charge is 1.95. The van der Waals surface area contributed by atoms with E-state index in [1.54, 1.807) is 0 Å². The van der Waals surface area contributed by atoms with Crippen molar-refractivity contribution in [1.29, 1.82) is 0 Å². The molecule has 0 radical (unpaired) electrons. The summed E-state index contributed by atoms with van der Waals surface area (Å²) in [4.78, 5) is 9.83. The summed E-state index contributed by atoms with van der Waals surface area (Å²) in [6.07, 6.45) is -0.303. The van der Waals surface area contributed by atoms with Crippen LogP contribution in [0.15, 0.2) is 0 Å². The molecule has 0 saturated carbocycles. The number of rotatable bonds is 3. The van der Waals surface area contributed by atoms with Gasteiger partial charge in [0.1, 0.15) is 0 Å². The number of carbonyl (C=O) groups is 1. The highest BCUT2D eigenvalue weighted by Crippen LogP contribution is 1.81. The lowest BCUT2D eigenvalue weighted by Gasteiger charge is -2.02. The molecule has 0 aliphatic heterocycles. The van der Waals surface area contributed by atoms with Gasteiger partial charge in [-0.25, -0.2) is 4.79 Å². The fraction of sp³-hybridized carbons (Fsp3) is 0.800. The van der Waals surface area contributed by atoms with Gasteiger partial charge in [-0.1, -0.05) is 0 Å². The fourth-order valence-corrected chi connectivity index (χ4v) is 0.407. The minimum Gasteiger partial charge on any atom is -0.465 e. The molecule has 0 bridgehead atoms. The Morgan fingerprint density at radius 2 is 2.44 bits per heavy atom. The molecule has 0 rings (SSSR count). The lowest BCUT2D eigenvalue weighted by molar-refractivity contribution is 0.194. The summed E-state index contributed by atoms with van der Waals surface area (Å²) >= 11 is 0. The van der Waals surface area contributed by atoms with Gasteiger partial charge in [0, 0.05) is 12.6 Å². The summed E-state index contributed by atoms with van der Waals surface area (Å²) in [5, 5.41) is 10.3. The van der Waals surface area contributed by atoms with E-state index in [-0.39, 0.29) is 6.04 Å². The molecule has 1 atom stereocenters. The Bertz CT molecular complexity index is 93.0. The smallest absolute Gasteiger partial charge is 0.404 e. The first-order valence-electron chi connectivity index (χ1n) is 2.85. The summed E-state index contributed by atoms with van der Waals surface area (Å²) < 4.78 is 0. The number of nitrogens with one attached hydrogen (secondary N) is 1. The van der Waals surface area contributed by atoms with E-state index < -0.39 is 6.09 Å². The second-order valence-electron chi connectivity index (χ2n) is 2.00. The number of carboxylic acid groups (broad SMARTS) is 1. The van der Waals surface area contributed by atoms with Crippen LogP contribution in [0.25, 0.3) is 0 Å². The molecule has 1 amide bonds. The molecule has 0 aromatic carbocycles. The molecule has 4 nitrogen and oxygen atoms in total. The van der Waals surface area contributed by atoms with E-state index in [9.17, 15) is 4.79 Å². The van der Waals surface area contributed by atoms with Crippen LogP contribution in [0.1, 0.15) is 13.3 Å². The van der Waals surface area contributed by atoms with Gasteiger partial charge in [-0.05, 0) is 13.3 Å². The number of hydrogen-bond donors (Lipinski definition) is 3. The van der Waals surface area contributed by atoms with Crippen molar-refractivity contribution >= 4 is 6.09 Å². The van der Waals surface area contributed by atoms with Crippen molar-refractivity contribution in [1.82, 2.24) is 5.32 Å². The summed E-state index contributed by atoms with van der Waals surface area (Å²) in [6, 6.07) is 0.0665. The van der Waals surface area contributed by atoms with E-state index in [1.807, 2.05) is 6.92 Å². The average molecular weight is 132 g/mol. The first-order valence-corrected chi connectivity index (χ1v) is 2.85. The molecule has 0 saturated heterocycles. The minimum atomic E-state index is -0.990. The largest absolute Gasteiger partial charge is 0.465 e. The van der Waals surface area contributed by atoms with Gasteiger partial charge in [0.05, 0.1) is 0 Å². The van der Waals surface area contributed by atoms with Crippen LogP contribution < -0.4 is 11.1 Å². The Morgan fingerprint density at radius 1 is 1.89 bits per heavy atom. The van der Waals surface area contributed by atoms with Gasteiger partial charge in [-0.2, -0.15) is 0 Å². The maximum Gasteiger partial charge on any atom is 0.404 e. The van der Waals surface area contributed by atoms with Gasteiger partial charge in [-0.3, -0.25) is 0 Å². The maximum absolute atomic E-state index is 9.83. The predicted octanol–water partition coefficient (Wildman–Crippen LogP) is -0.00870. The van der Waals surface area contributed by atoms with Crippen LogP contribution >= 0.6 is 0 Å². The van der Waals surface area contributed by atoms with Gasteiger partial charge in [0.15, 0.2) is 0 Å². The van der Waals surface area contributed by atoms with Crippen LogP contribution in [0.2, 0.25) is 0 Å². The maximum atomic E-state index is 9.83. The first kappa shape index (κ1) is 8.23. The molecular formula is C5H12N2O2. The zero-order chi connectivity index (χ0) is 7.28. The monoisotopic (exact) mass is 132 g/mol. The summed E-state index contributed by atoms with van der Waals surface area (Å²) in [7, 11) is 0. The van der Waals surface area contributed by atoms with E-state index in [2.05, 4.69) is 5.32 Å². The highest BCUT2D eigenvalue weighted by atomic mass is 16.4. The number of amides is 1. The summed E-state index contributed by atoms with van der Waals surface area (Å²) in [5.41, 5.74) is 5.35. The van der Waals surface area contributed by atoms with Crippen molar-refractivity contribution < 1.29 is 9.90 Å². The number of hydrogen-bond acceptors (Lipinski definition) is 2. The summed E-state index contributed by atoms with van der Waals surface area (Å²) in [6.45, 7) is 2.27. The van der Waals surface area contributed by atoms with Crippen LogP contribution in [0.4, 0.5) is 4.79 Å². The standard InChI is InChI=1S/C5H12N2O2/c1-4(6)2-3-7-5(8)9/h4,7H,2-3,6H2,1H3,(H,8,9)/t4-/m0/s1. The third kappa shape index (κ3) is 7.23. The topological polar surface area (TPSA) is 75.3 Å². The molecular weight excluding hydrogens is 120 g/mol. The van der Waals surface area contributed by atoms with Gasteiger partial charge >= 0.3 is 6.09 Å². The Labute approximate surface area is 54.0 Å². The fourth-order valence-electron chi connectivity index (χ4n) is 0.407. The molecule has 0 aliphatic rings. The van der Waals surface area contributed by atoms with Crippen molar-refractivity contribution in [3.8, 4) is 0 Å². The van der Waals surface area contributed by atoms with Gasteiger partial charge in [0.25, 0.3) is 0 Å². The summed E-state index contributed by atoms with van der Waals surface area (Å²) in [5.74, 6) is 0. The Hall–Kier alpha value is -0.770. The molecule has 0 heterocycles. The predicted molar refractivity (Wildman–Crippen MR) is 34.3 cm³/mol. The van der Waals surface area contributed by atoms with Crippen LogP contribution in [0.3, 0.4) is 0 Å². The van der Waals surface area contributed by atoms with Crippen molar-refractivity contribution in [2.75, 3.05) is 6.54 Å². The first-order chi connectivity index (χ1) is 4.13. The van der Waals surface area contributed by atoms with E-state index in [4.69, 9.17) is 10.8 Å². The molecule has 4 heteroatoms. The Morgan fingerprint density at radius 3 is 2.78 bits per heavy atom. The lowest BCUT2D eigenvalue weighted by atomic mass is 10.2. The molecule has 0 unspecified atom stereocenters. The normalized spacial score (nSPS) is 12.7. The van der Waals surface area contributed by atoms with E-state index in [0.717, 1.165) is 0 Å². The highest BCUT2D eigenvalue weighted by molar-refractivity contribution is 5.64. The van der Waals surface area contributed by atoms with Gasteiger partial charge in [0.2, 0.25) is 0 Å². The van der Waals surface area contributed by atoms with Crippen molar-refractivity contribution in [2.45, 2.75) is 19.4 Å². The zero-order valence-corrected chi connectivity index (χ0v) is 5.42. The van der Waals surface area contributed by atoms with E-state index in [0.29, 0.717) is 13.0 Å². The minimum absolute atomic E-state index is 0.0665. The zero-order valence-electron chi connectivity index (χ0n) is 5.42. The van der Waals surface area contributed by atoms with Crippen molar-refractivity contribution in [2.24, 2.45) is 5.73 Å². The molecule has 4 N–H and O–H groups in total. The molecule has 0 aliphatic carbocycles. The van der Waals surface area contributed by atoms with E-state index in [1.165, 1.54) is 0 Å². The molecule has 0 spiro atoms. The van der Waals surface area contributed by atoms with Crippen molar-refractivity contribution in [3.63, 3.8) is 0 Å². The Kier molecular flexibility index (Phi) is 3.79. The third-order valence-electron chi connectivity index (χ3n) is 0.876. The second-order valence-corrected chi connectivity index (χ2v) is 2.00. The molecule has 0 aromatic rings. The van der Waals surface area contributed by atoms with Crippen LogP contribution in [0, 0.1) is 0 Å². The van der Waals surface area contributed by atoms with Gasteiger partial charge < -0.3 is 16.2 Å². The average Bonchev–Trinajstić information content (AvgIpc) is 1.63. The lowest BCUT2D eigenvalue weighted by Crippen LogP contribution is -2.27. The molecule has 9 heavy (non-hydrogen) atoms. The molecule has 0 fully saturated rings. The van der Waals surface area contributed by atoms with Gasteiger partial charge in [-0.15, -0.1) is 0 Å². The third-order valence-corrected chi connectivity index (χ3v) is 0.876. The van der Waals surface area contributed by atoms with Crippen LogP contribution in [-0.2, 0) is 0 Å². The molecule has 54 valence electrons. The number of nitrogens with two attached hydrogens (primary N) is 1. The molecule has 0 aromatic heterocycles. The van der Waals surface area contributed by atoms with Crippen molar-refractivity contribution in [3.05, 3.63) is 0 Å². The quantitative estimate of drug-likeness (QED) is 0.505.